The highest BCUT2D eigenvalue weighted by molar-refractivity contribution is 6.32. The van der Waals surface area contributed by atoms with Crippen LogP contribution in [0.3, 0.4) is 0 Å². The van der Waals surface area contributed by atoms with E-state index in [2.05, 4.69) is 68.4 Å². The standard InChI is InChI=1S/C32H37ClN6O/c1-2-39(28-12-18-38(19-13-28)22-25-8-14-34-15-9-25)23-26-4-3-5-27(20-26)30-11-17-36-32(37-30)35-16-10-24-6-7-31(40)29(33)21-24/h3-9,11,14-15,17,20-21,28,40H,2,10,12-13,16,18-19,22-23H2,1H3,(H,35,36,37). The van der Waals surface area contributed by atoms with Crippen molar-refractivity contribution in [1.82, 2.24) is 24.8 Å². The fourth-order valence-electron chi connectivity index (χ4n) is 5.38. The van der Waals surface area contributed by atoms with Crippen LogP contribution in [0.2, 0.25) is 5.02 Å². The Kier molecular flexibility index (Phi) is 9.60. The topological polar surface area (TPSA) is 77.4 Å². The molecule has 3 heterocycles. The highest BCUT2D eigenvalue weighted by Gasteiger charge is 2.24. The first-order valence-corrected chi connectivity index (χ1v) is 14.4. The monoisotopic (exact) mass is 556 g/mol. The molecule has 1 aliphatic heterocycles. The Balaban J connectivity index is 1.16. The lowest BCUT2D eigenvalue weighted by Crippen LogP contribution is -2.44. The van der Waals surface area contributed by atoms with Crippen LogP contribution >= 0.6 is 11.6 Å². The summed E-state index contributed by atoms with van der Waals surface area (Å²) in [6.07, 6.45) is 8.69. The zero-order chi connectivity index (χ0) is 27.7. The van der Waals surface area contributed by atoms with Gasteiger partial charge in [0.05, 0.1) is 10.7 Å². The predicted molar refractivity (Wildman–Crippen MR) is 161 cm³/mol. The number of piperidine rings is 1. The molecule has 2 aromatic heterocycles. The largest absolute Gasteiger partial charge is 0.506 e. The number of anilines is 1. The molecule has 0 spiro atoms. The van der Waals surface area contributed by atoms with Crippen LogP contribution in [-0.2, 0) is 19.5 Å². The van der Waals surface area contributed by atoms with Gasteiger partial charge in [0.15, 0.2) is 0 Å². The third kappa shape index (κ3) is 7.56. The van der Waals surface area contributed by atoms with E-state index < -0.39 is 0 Å². The number of phenolic OH excluding ortho intramolecular Hbond substituents is 1. The summed E-state index contributed by atoms with van der Waals surface area (Å²) in [5, 5.41) is 13.3. The van der Waals surface area contributed by atoms with Gasteiger partial charge >= 0.3 is 0 Å². The van der Waals surface area contributed by atoms with Crippen molar-refractivity contribution in [1.29, 1.82) is 0 Å². The van der Waals surface area contributed by atoms with E-state index in [1.165, 1.54) is 24.0 Å². The molecule has 2 N–H and O–H groups in total. The molecule has 1 fully saturated rings. The van der Waals surface area contributed by atoms with Gasteiger partial charge in [-0.2, -0.15) is 0 Å². The SMILES string of the molecule is CCN(Cc1cccc(-c2ccnc(NCCc3ccc(O)c(Cl)c3)n2)c1)C1CCN(Cc2ccncc2)CC1. The molecule has 2 aromatic carbocycles. The lowest BCUT2D eigenvalue weighted by molar-refractivity contribution is 0.103. The number of pyridine rings is 1. The van der Waals surface area contributed by atoms with E-state index in [1.54, 1.807) is 18.3 Å². The fraction of sp³-hybridized carbons (Fsp3) is 0.344. The summed E-state index contributed by atoms with van der Waals surface area (Å²) in [6.45, 7) is 8.15. The number of phenols is 1. The lowest BCUT2D eigenvalue weighted by Gasteiger charge is -2.38. The van der Waals surface area contributed by atoms with Crippen LogP contribution in [0.4, 0.5) is 5.95 Å². The number of nitrogens with one attached hydrogen (secondary N) is 1. The maximum atomic E-state index is 9.62. The molecule has 4 aromatic rings. The zero-order valence-corrected chi connectivity index (χ0v) is 23.8. The van der Waals surface area contributed by atoms with Crippen LogP contribution in [0.15, 0.2) is 79.3 Å². The molecule has 0 bridgehead atoms. The normalized spacial score (nSPS) is 14.5. The number of hydrogen-bond donors (Lipinski definition) is 2. The molecule has 40 heavy (non-hydrogen) atoms. The zero-order valence-electron chi connectivity index (χ0n) is 23.0. The van der Waals surface area contributed by atoms with Crippen LogP contribution in [0.25, 0.3) is 11.3 Å². The molecule has 208 valence electrons. The van der Waals surface area contributed by atoms with Gasteiger partial charge in [-0.25, -0.2) is 9.97 Å². The second-order valence-electron chi connectivity index (χ2n) is 10.4. The smallest absolute Gasteiger partial charge is 0.223 e. The summed E-state index contributed by atoms with van der Waals surface area (Å²) in [5.41, 5.74) is 5.67. The number of nitrogens with zero attached hydrogens (tertiary/aromatic N) is 5. The number of rotatable bonds is 11. The molecular formula is C32H37ClN6O. The van der Waals surface area contributed by atoms with Crippen molar-refractivity contribution in [2.24, 2.45) is 0 Å². The van der Waals surface area contributed by atoms with Crippen LogP contribution in [0, 0.1) is 0 Å². The Bertz CT molecular complexity index is 1380. The van der Waals surface area contributed by atoms with E-state index >= 15 is 0 Å². The number of halogens is 1. The van der Waals surface area contributed by atoms with Crippen molar-refractivity contribution in [2.75, 3.05) is 31.5 Å². The van der Waals surface area contributed by atoms with E-state index in [9.17, 15) is 5.11 Å². The van der Waals surface area contributed by atoms with Gasteiger partial charge in [-0.1, -0.05) is 42.8 Å². The molecule has 8 heteroatoms. The number of hydrogen-bond acceptors (Lipinski definition) is 7. The average molecular weight is 557 g/mol. The van der Waals surface area contributed by atoms with Crippen LogP contribution in [0.5, 0.6) is 5.75 Å². The second-order valence-corrected chi connectivity index (χ2v) is 10.8. The van der Waals surface area contributed by atoms with Gasteiger partial charge in [-0.05, 0) is 92.0 Å². The van der Waals surface area contributed by atoms with E-state index in [0.29, 0.717) is 23.6 Å². The summed E-state index contributed by atoms with van der Waals surface area (Å²) in [4.78, 5) is 18.5. The molecule has 0 saturated carbocycles. The number of benzene rings is 2. The van der Waals surface area contributed by atoms with Crippen molar-refractivity contribution < 1.29 is 5.11 Å². The van der Waals surface area contributed by atoms with Gasteiger partial charge in [-0.3, -0.25) is 14.8 Å². The number of aromatic nitrogens is 3. The van der Waals surface area contributed by atoms with Gasteiger partial charge in [0.25, 0.3) is 0 Å². The fourth-order valence-corrected chi connectivity index (χ4v) is 5.58. The highest BCUT2D eigenvalue weighted by Crippen LogP contribution is 2.25. The van der Waals surface area contributed by atoms with Crippen molar-refractivity contribution >= 4 is 17.5 Å². The van der Waals surface area contributed by atoms with Gasteiger partial charge in [0.1, 0.15) is 5.75 Å². The quantitative estimate of drug-likeness (QED) is 0.233. The second kappa shape index (κ2) is 13.7. The average Bonchev–Trinajstić information content (AvgIpc) is 2.99. The van der Waals surface area contributed by atoms with Gasteiger partial charge < -0.3 is 10.4 Å². The van der Waals surface area contributed by atoms with E-state index in [-0.39, 0.29) is 5.75 Å². The molecule has 0 radical (unpaired) electrons. The minimum atomic E-state index is 0.0982. The molecule has 0 amide bonds. The van der Waals surface area contributed by atoms with Crippen LogP contribution in [0.1, 0.15) is 36.5 Å². The Morgan fingerprint density at radius 3 is 2.58 bits per heavy atom. The lowest BCUT2D eigenvalue weighted by atomic mass is 10.0. The van der Waals surface area contributed by atoms with Crippen molar-refractivity contribution in [2.45, 2.75) is 45.3 Å². The first kappa shape index (κ1) is 28.0. The molecule has 1 aliphatic rings. The third-order valence-corrected chi connectivity index (χ3v) is 7.91. The highest BCUT2D eigenvalue weighted by atomic mass is 35.5. The predicted octanol–water partition coefficient (Wildman–Crippen LogP) is 6.04. The Morgan fingerprint density at radius 2 is 1.80 bits per heavy atom. The molecule has 0 unspecified atom stereocenters. The number of aromatic hydroxyl groups is 1. The van der Waals surface area contributed by atoms with E-state index in [0.717, 1.165) is 56.0 Å². The molecule has 0 aliphatic carbocycles. The number of likely N-dealkylation sites (tertiary alicyclic amines) is 1. The van der Waals surface area contributed by atoms with Gasteiger partial charge in [0, 0.05) is 49.8 Å². The summed E-state index contributed by atoms with van der Waals surface area (Å²) in [7, 11) is 0. The molecular weight excluding hydrogens is 520 g/mol. The summed E-state index contributed by atoms with van der Waals surface area (Å²) >= 11 is 6.03. The summed E-state index contributed by atoms with van der Waals surface area (Å²) in [6, 6.07) is 20.8. The van der Waals surface area contributed by atoms with Crippen molar-refractivity contribution in [3.05, 3.63) is 101 Å². The summed E-state index contributed by atoms with van der Waals surface area (Å²) < 4.78 is 0. The van der Waals surface area contributed by atoms with Crippen LogP contribution < -0.4 is 5.32 Å². The van der Waals surface area contributed by atoms with E-state index in [1.807, 2.05) is 24.5 Å². The minimum absolute atomic E-state index is 0.0982. The van der Waals surface area contributed by atoms with E-state index in [4.69, 9.17) is 16.6 Å². The maximum absolute atomic E-state index is 9.62. The summed E-state index contributed by atoms with van der Waals surface area (Å²) in [5.74, 6) is 0.697. The maximum Gasteiger partial charge on any atom is 0.223 e. The molecule has 1 saturated heterocycles. The molecule has 0 atom stereocenters. The molecule has 7 nitrogen and oxygen atoms in total. The van der Waals surface area contributed by atoms with Gasteiger partial charge in [-0.15, -0.1) is 0 Å². The van der Waals surface area contributed by atoms with Crippen molar-refractivity contribution in [3.63, 3.8) is 0 Å². The Hall–Kier alpha value is -3.52. The first-order chi connectivity index (χ1) is 19.6. The Labute approximate surface area is 241 Å². The minimum Gasteiger partial charge on any atom is -0.506 e. The van der Waals surface area contributed by atoms with Crippen molar-refractivity contribution in [3.8, 4) is 17.0 Å². The Morgan fingerprint density at radius 1 is 0.975 bits per heavy atom. The van der Waals surface area contributed by atoms with Crippen LogP contribution in [-0.4, -0.2) is 62.1 Å². The van der Waals surface area contributed by atoms with Gasteiger partial charge in [0.2, 0.25) is 5.95 Å². The first-order valence-electron chi connectivity index (χ1n) is 14.1. The molecule has 5 rings (SSSR count). The third-order valence-electron chi connectivity index (χ3n) is 7.61.